The van der Waals surface area contributed by atoms with Gasteiger partial charge in [0.25, 0.3) is 5.91 Å². The van der Waals surface area contributed by atoms with Crippen LogP contribution in [0.5, 0.6) is 5.75 Å². The van der Waals surface area contributed by atoms with Crippen LogP contribution in [0, 0.1) is 0 Å². The second kappa shape index (κ2) is 9.97. The lowest BCUT2D eigenvalue weighted by Crippen LogP contribution is -2.37. The molecule has 1 N–H and O–H groups in total. The first-order chi connectivity index (χ1) is 14.1. The molecule has 0 bridgehead atoms. The summed E-state index contributed by atoms with van der Waals surface area (Å²) in [6.07, 6.45) is 0.0184. The van der Waals surface area contributed by atoms with Gasteiger partial charge in [0.15, 0.2) is 6.61 Å². The lowest BCUT2D eigenvalue weighted by molar-refractivity contribution is -0.148. The standard InChI is InChI=1S/C21H22N2O5S/c1-27-17-8-4-2-6-15(17)12-22-19(24)13-28-21(26)10-11-23-16-7-3-5-9-18(16)29-14-20(23)25/h2-9H,10-14H2,1H3,(H,22,24). The average molecular weight is 414 g/mol. The SMILES string of the molecule is COc1ccccc1CNC(=O)COC(=O)CCN1C(=O)CSc2ccccc21. The summed E-state index contributed by atoms with van der Waals surface area (Å²) in [5, 5.41) is 2.69. The van der Waals surface area contributed by atoms with Crippen LogP contribution in [0.25, 0.3) is 0 Å². The summed E-state index contributed by atoms with van der Waals surface area (Å²) in [6, 6.07) is 14.9. The molecule has 3 rings (SSSR count). The number of fused-ring (bicyclic) bond motifs is 1. The third-order valence-electron chi connectivity index (χ3n) is 4.38. The number of thioether (sulfide) groups is 1. The van der Waals surface area contributed by atoms with Crippen LogP contribution >= 0.6 is 11.8 Å². The molecule has 0 unspecified atom stereocenters. The molecule has 7 nitrogen and oxygen atoms in total. The van der Waals surface area contributed by atoms with E-state index in [-0.39, 0.29) is 32.0 Å². The molecule has 2 aromatic rings. The molecule has 1 heterocycles. The largest absolute Gasteiger partial charge is 0.496 e. The number of ether oxygens (including phenoxy) is 2. The van der Waals surface area contributed by atoms with Gasteiger partial charge < -0.3 is 19.7 Å². The van der Waals surface area contributed by atoms with Crippen molar-refractivity contribution >= 4 is 35.2 Å². The molecule has 152 valence electrons. The summed E-state index contributed by atoms with van der Waals surface area (Å²) in [5.74, 6) is 0.0451. The van der Waals surface area contributed by atoms with E-state index in [0.29, 0.717) is 11.5 Å². The average Bonchev–Trinajstić information content (AvgIpc) is 2.75. The molecular formula is C21H22N2O5S. The maximum Gasteiger partial charge on any atom is 0.308 e. The maximum absolute atomic E-state index is 12.2. The minimum absolute atomic E-state index is 0.0184. The van der Waals surface area contributed by atoms with E-state index in [1.807, 2.05) is 42.5 Å². The van der Waals surface area contributed by atoms with Crippen molar-refractivity contribution in [3.8, 4) is 5.75 Å². The van der Waals surface area contributed by atoms with Crippen molar-refractivity contribution in [2.75, 3.05) is 30.9 Å². The molecular weight excluding hydrogens is 392 g/mol. The van der Waals surface area contributed by atoms with Crippen molar-refractivity contribution in [2.45, 2.75) is 17.9 Å². The highest BCUT2D eigenvalue weighted by molar-refractivity contribution is 8.00. The van der Waals surface area contributed by atoms with Gasteiger partial charge in [-0.05, 0) is 18.2 Å². The van der Waals surface area contributed by atoms with E-state index >= 15 is 0 Å². The second-order valence-corrected chi connectivity index (χ2v) is 7.32. The summed E-state index contributed by atoms with van der Waals surface area (Å²) in [4.78, 5) is 38.8. The predicted octanol–water partition coefficient (Wildman–Crippen LogP) is 2.38. The van der Waals surface area contributed by atoms with Crippen LogP contribution in [0.15, 0.2) is 53.4 Å². The zero-order valence-corrected chi connectivity index (χ0v) is 16.9. The number of benzene rings is 2. The third-order valence-corrected chi connectivity index (χ3v) is 5.43. The molecule has 0 saturated heterocycles. The normalized spacial score (nSPS) is 12.9. The summed E-state index contributed by atoms with van der Waals surface area (Å²) in [6.45, 7) is 0.129. The molecule has 0 saturated carbocycles. The quantitative estimate of drug-likeness (QED) is 0.668. The first-order valence-corrected chi connectivity index (χ1v) is 10.1. The van der Waals surface area contributed by atoms with E-state index in [1.54, 1.807) is 18.1 Å². The Bertz CT molecular complexity index is 902. The molecule has 0 atom stereocenters. The molecule has 2 aromatic carbocycles. The molecule has 29 heavy (non-hydrogen) atoms. The minimum atomic E-state index is -0.527. The summed E-state index contributed by atoms with van der Waals surface area (Å²) in [5.41, 5.74) is 1.63. The van der Waals surface area contributed by atoms with E-state index in [4.69, 9.17) is 9.47 Å². The molecule has 2 amide bonds. The number of hydrogen-bond donors (Lipinski definition) is 1. The fourth-order valence-corrected chi connectivity index (χ4v) is 3.85. The van der Waals surface area contributed by atoms with E-state index in [2.05, 4.69) is 5.32 Å². The van der Waals surface area contributed by atoms with Crippen LogP contribution in [-0.4, -0.2) is 43.8 Å². The number of carbonyl (C=O) groups is 3. The maximum atomic E-state index is 12.2. The van der Waals surface area contributed by atoms with Gasteiger partial charge in [-0.3, -0.25) is 14.4 Å². The Kier molecular flexibility index (Phi) is 7.13. The van der Waals surface area contributed by atoms with Crippen molar-refractivity contribution in [3.05, 3.63) is 54.1 Å². The number of para-hydroxylation sites is 2. The van der Waals surface area contributed by atoms with E-state index in [1.165, 1.54) is 11.8 Å². The van der Waals surface area contributed by atoms with Crippen molar-refractivity contribution in [2.24, 2.45) is 0 Å². The Morgan fingerprint density at radius 1 is 1.14 bits per heavy atom. The summed E-state index contributed by atoms with van der Waals surface area (Å²) >= 11 is 1.49. The number of amides is 2. The highest BCUT2D eigenvalue weighted by atomic mass is 32.2. The van der Waals surface area contributed by atoms with Crippen LogP contribution in [0.3, 0.4) is 0 Å². The molecule has 0 spiro atoms. The molecule has 0 radical (unpaired) electrons. The number of carbonyl (C=O) groups excluding carboxylic acids is 3. The van der Waals surface area contributed by atoms with Gasteiger partial charge in [-0.1, -0.05) is 30.3 Å². The lowest BCUT2D eigenvalue weighted by atomic mass is 10.2. The molecule has 0 fully saturated rings. The first-order valence-electron chi connectivity index (χ1n) is 9.15. The van der Waals surface area contributed by atoms with Gasteiger partial charge in [-0.25, -0.2) is 0 Å². The van der Waals surface area contributed by atoms with Gasteiger partial charge >= 0.3 is 5.97 Å². The molecule has 1 aliphatic heterocycles. The fourth-order valence-electron chi connectivity index (χ4n) is 2.91. The fraction of sp³-hybridized carbons (Fsp3) is 0.286. The smallest absolute Gasteiger partial charge is 0.308 e. The summed E-state index contributed by atoms with van der Waals surface area (Å²) < 4.78 is 10.3. The van der Waals surface area contributed by atoms with Gasteiger partial charge in [-0.2, -0.15) is 0 Å². The Labute approximate surface area is 173 Å². The van der Waals surface area contributed by atoms with Gasteiger partial charge in [0.05, 0.1) is 25.0 Å². The number of anilines is 1. The van der Waals surface area contributed by atoms with Crippen LogP contribution in [-0.2, 0) is 25.7 Å². The number of methoxy groups -OCH3 is 1. The molecule has 0 aromatic heterocycles. The number of nitrogens with one attached hydrogen (secondary N) is 1. The highest BCUT2D eigenvalue weighted by Gasteiger charge is 2.25. The van der Waals surface area contributed by atoms with E-state index < -0.39 is 11.9 Å². The Morgan fingerprint density at radius 2 is 1.90 bits per heavy atom. The van der Waals surface area contributed by atoms with Crippen molar-refractivity contribution < 1.29 is 23.9 Å². The van der Waals surface area contributed by atoms with Gasteiger partial charge in [0.1, 0.15) is 5.75 Å². The number of nitrogens with zero attached hydrogens (tertiary/aromatic N) is 1. The molecule has 1 aliphatic rings. The lowest BCUT2D eigenvalue weighted by Gasteiger charge is -2.28. The van der Waals surface area contributed by atoms with Crippen LogP contribution in [0.2, 0.25) is 0 Å². The Hall–Kier alpha value is -3.00. The topological polar surface area (TPSA) is 84.9 Å². The molecule has 0 aliphatic carbocycles. The van der Waals surface area contributed by atoms with Gasteiger partial charge in [-0.15, -0.1) is 11.8 Å². The monoisotopic (exact) mass is 414 g/mol. The van der Waals surface area contributed by atoms with Gasteiger partial charge in [0, 0.05) is 23.5 Å². The minimum Gasteiger partial charge on any atom is -0.496 e. The number of hydrogen-bond acceptors (Lipinski definition) is 6. The highest BCUT2D eigenvalue weighted by Crippen LogP contribution is 2.34. The van der Waals surface area contributed by atoms with Gasteiger partial charge in [0.2, 0.25) is 5.91 Å². The number of rotatable bonds is 8. The third kappa shape index (κ3) is 5.51. The van der Waals surface area contributed by atoms with E-state index in [0.717, 1.165) is 16.1 Å². The Balaban J connectivity index is 1.43. The van der Waals surface area contributed by atoms with E-state index in [9.17, 15) is 14.4 Å². The number of esters is 1. The first kappa shape index (κ1) is 20.7. The predicted molar refractivity (Wildman–Crippen MR) is 110 cm³/mol. The van der Waals surface area contributed by atoms with Crippen LogP contribution < -0.4 is 15.0 Å². The zero-order valence-electron chi connectivity index (χ0n) is 16.1. The second-order valence-electron chi connectivity index (χ2n) is 6.30. The van der Waals surface area contributed by atoms with Crippen molar-refractivity contribution in [1.29, 1.82) is 0 Å². The van der Waals surface area contributed by atoms with Crippen LogP contribution in [0.1, 0.15) is 12.0 Å². The summed E-state index contributed by atoms with van der Waals surface area (Å²) in [7, 11) is 1.56. The molecule has 8 heteroatoms. The Morgan fingerprint density at radius 3 is 2.72 bits per heavy atom. The van der Waals surface area contributed by atoms with Crippen molar-refractivity contribution in [3.63, 3.8) is 0 Å². The zero-order chi connectivity index (χ0) is 20.6. The van der Waals surface area contributed by atoms with Crippen molar-refractivity contribution in [1.82, 2.24) is 5.32 Å². The van der Waals surface area contributed by atoms with Crippen LogP contribution in [0.4, 0.5) is 5.69 Å².